The Morgan fingerprint density at radius 3 is 2.40 bits per heavy atom. The van der Waals surface area contributed by atoms with E-state index in [4.69, 9.17) is 16.3 Å². The lowest BCUT2D eigenvalue weighted by Crippen LogP contribution is -2.35. The minimum atomic E-state index is -0.724. The SMILES string of the molecule is COC(=O)[C@@H](C(=O)Nc1ccc(Cl)cc1)C1CCCC1. The largest absolute Gasteiger partial charge is 0.468 e. The van der Waals surface area contributed by atoms with Crippen LogP contribution in [0.4, 0.5) is 5.69 Å². The highest BCUT2D eigenvalue weighted by atomic mass is 35.5. The van der Waals surface area contributed by atoms with Crippen LogP contribution in [0.3, 0.4) is 0 Å². The number of benzene rings is 1. The molecule has 0 aliphatic heterocycles. The molecule has 1 N–H and O–H groups in total. The molecule has 1 aromatic carbocycles. The first-order valence-electron chi connectivity index (χ1n) is 6.76. The smallest absolute Gasteiger partial charge is 0.318 e. The van der Waals surface area contributed by atoms with Crippen LogP contribution >= 0.6 is 11.6 Å². The first-order chi connectivity index (χ1) is 9.61. The van der Waals surface area contributed by atoms with Gasteiger partial charge in [-0.3, -0.25) is 9.59 Å². The molecule has 0 unspecified atom stereocenters. The van der Waals surface area contributed by atoms with Crippen LogP contribution in [0.5, 0.6) is 0 Å². The molecule has 1 aliphatic carbocycles. The molecule has 108 valence electrons. The maximum atomic E-state index is 12.3. The third-order valence-corrected chi connectivity index (χ3v) is 3.97. The Morgan fingerprint density at radius 1 is 1.25 bits per heavy atom. The minimum absolute atomic E-state index is 0.0785. The van der Waals surface area contributed by atoms with E-state index in [1.165, 1.54) is 7.11 Å². The van der Waals surface area contributed by atoms with Crippen LogP contribution < -0.4 is 5.32 Å². The van der Waals surface area contributed by atoms with Crippen molar-refractivity contribution in [2.45, 2.75) is 25.7 Å². The topological polar surface area (TPSA) is 55.4 Å². The maximum Gasteiger partial charge on any atom is 0.318 e. The number of esters is 1. The van der Waals surface area contributed by atoms with Gasteiger partial charge in [0.25, 0.3) is 0 Å². The number of amides is 1. The number of halogens is 1. The van der Waals surface area contributed by atoms with E-state index < -0.39 is 11.9 Å². The molecular formula is C15H18ClNO3. The molecule has 1 amide bonds. The van der Waals surface area contributed by atoms with E-state index in [0.717, 1.165) is 25.7 Å². The molecule has 0 heterocycles. The molecule has 1 saturated carbocycles. The summed E-state index contributed by atoms with van der Waals surface area (Å²) in [7, 11) is 1.32. The van der Waals surface area contributed by atoms with Crippen LogP contribution in [-0.2, 0) is 14.3 Å². The Bertz CT molecular complexity index is 480. The maximum absolute atomic E-state index is 12.3. The molecule has 1 atom stereocenters. The van der Waals surface area contributed by atoms with Gasteiger partial charge in [0.2, 0.25) is 5.91 Å². The second-order valence-corrected chi connectivity index (χ2v) is 5.48. The highest BCUT2D eigenvalue weighted by Crippen LogP contribution is 2.33. The monoisotopic (exact) mass is 295 g/mol. The summed E-state index contributed by atoms with van der Waals surface area (Å²) in [6, 6.07) is 6.81. The van der Waals surface area contributed by atoms with E-state index in [-0.39, 0.29) is 11.8 Å². The van der Waals surface area contributed by atoms with Crippen LogP contribution in [-0.4, -0.2) is 19.0 Å². The highest BCUT2D eigenvalue weighted by molar-refractivity contribution is 6.30. The quantitative estimate of drug-likeness (QED) is 0.685. The van der Waals surface area contributed by atoms with Gasteiger partial charge in [-0.15, -0.1) is 0 Å². The zero-order valence-electron chi connectivity index (χ0n) is 11.4. The average Bonchev–Trinajstić information content (AvgIpc) is 2.95. The Kier molecular flexibility index (Phi) is 5.01. The lowest BCUT2D eigenvalue weighted by atomic mass is 9.90. The predicted octanol–water partition coefficient (Wildman–Crippen LogP) is 3.26. The summed E-state index contributed by atoms with van der Waals surface area (Å²) in [4.78, 5) is 24.2. The molecule has 0 spiro atoms. The van der Waals surface area contributed by atoms with Crippen molar-refractivity contribution < 1.29 is 14.3 Å². The van der Waals surface area contributed by atoms with Crippen LogP contribution in [0.15, 0.2) is 24.3 Å². The normalized spacial score (nSPS) is 16.7. The summed E-state index contributed by atoms with van der Waals surface area (Å²) in [6.45, 7) is 0. The molecule has 1 aromatic rings. The van der Waals surface area contributed by atoms with Crippen molar-refractivity contribution in [2.75, 3.05) is 12.4 Å². The van der Waals surface area contributed by atoms with Crippen LogP contribution in [0, 0.1) is 11.8 Å². The number of methoxy groups -OCH3 is 1. The van der Waals surface area contributed by atoms with Crippen molar-refractivity contribution in [2.24, 2.45) is 11.8 Å². The van der Waals surface area contributed by atoms with Gasteiger partial charge in [-0.05, 0) is 43.0 Å². The molecule has 0 radical (unpaired) electrons. The Morgan fingerprint density at radius 2 is 1.85 bits per heavy atom. The average molecular weight is 296 g/mol. The molecule has 0 aromatic heterocycles. The zero-order chi connectivity index (χ0) is 14.5. The van der Waals surface area contributed by atoms with Crippen molar-refractivity contribution in [1.82, 2.24) is 0 Å². The number of hydrogen-bond acceptors (Lipinski definition) is 3. The van der Waals surface area contributed by atoms with Gasteiger partial charge in [0, 0.05) is 10.7 Å². The summed E-state index contributed by atoms with van der Waals surface area (Å²) in [6.07, 6.45) is 3.92. The molecule has 1 fully saturated rings. The van der Waals surface area contributed by atoms with Gasteiger partial charge in [-0.1, -0.05) is 24.4 Å². The molecule has 0 bridgehead atoms. The standard InChI is InChI=1S/C15H18ClNO3/c1-20-15(19)13(10-4-2-3-5-10)14(18)17-12-8-6-11(16)7-9-12/h6-10,13H,2-5H2,1H3,(H,17,18)/t13-/m1/s1. The Labute approximate surface area is 123 Å². The predicted molar refractivity (Wildman–Crippen MR) is 77.5 cm³/mol. The first-order valence-corrected chi connectivity index (χ1v) is 7.14. The van der Waals surface area contributed by atoms with Gasteiger partial charge in [-0.2, -0.15) is 0 Å². The van der Waals surface area contributed by atoms with E-state index in [9.17, 15) is 9.59 Å². The number of ether oxygens (including phenoxy) is 1. The molecule has 4 nitrogen and oxygen atoms in total. The van der Waals surface area contributed by atoms with Gasteiger partial charge in [-0.25, -0.2) is 0 Å². The fraction of sp³-hybridized carbons (Fsp3) is 0.467. The number of hydrogen-bond donors (Lipinski definition) is 1. The van der Waals surface area contributed by atoms with Gasteiger partial charge < -0.3 is 10.1 Å². The lowest BCUT2D eigenvalue weighted by Gasteiger charge is -2.20. The van der Waals surface area contributed by atoms with E-state index in [0.29, 0.717) is 10.7 Å². The molecule has 1 aliphatic rings. The number of carbonyl (C=O) groups excluding carboxylic acids is 2. The minimum Gasteiger partial charge on any atom is -0.468 e. The molecule has 5 heteroatoms. The van der Waals surface area contributed by atoms with Crippen molar-refractivity contribution in [3.05, 3.63) is 29.3 Å². The molecule has 0 saturated heterocycles. The Hall–Kier alpha value is -1.55. The fourth-order valence-electron chi connectivity index (χ4n) is 2.68. The first kappa shape index (κ1) is 14.9. The Balaban J connectivity index is 2.09. The number of carbonyl (C=O) groups is 2. The lowest BCUT2D eigenvalue weighted by molar-refractivity contribution is -0.150. The van der Waals surface area contributed by atoms with E-state index in [1.54, 1.807) is 24.3 Å². The summed E-state index contributed by atoms with van der Waals surface area (Å²) in [5, 5.41) is 3.36. The zero-order valence-corrected chi connectivity index (χ0v) is 12.2. The van der Waals surface area contributed by atoms with Crippen LogP contribution in [0.25, 0.3) is 0 Å². The van der Waals surface area contributed by atoms with Crippen molar-refractivity contribution in [1.29, 1.82) is 0 Å². The number of nitrogens with one attached hydrogen (secondary N) is 1. The number of anilines is 1. The summed E-state index contributed by atoms with van der Waals surface area (Å²) in [5.41, 5.74) is 0.631. The van der Waals surface area contributed by atoms with Gasteiger partial charge in [0.1, 0.15) is 5.92 Å². The third-order valence-electron chi connectivity index (χ3n) is 3.72. The van der Waals surface area contributed by atoms with E-state index in [2.05, 4.69) is 5.32 Å². The van der Waals surface area contributed by atoms with E-state index in [1.807, 2.05) is 0 Å². The van der Waals surface area contributed by atoms with Crippen molar-refractivity contribution in [3.8, 4) is 0 Å². The van der Waals surface area contributed by atoms with E-state index >= 15 is 0 Å². The van der Waals surface area contributed by atoms with Gasteiger partial charge in [0.15, 0.2) is 0 Å². The molecule has 20 heavy (non-hydrogen) atoms. The summed E-state index contributed by atoms with van der Waals surface area (Å²) < 4.78 is 4.78. The molecular weight excluding hydrogens is 278 g/mol. The van der Waals surface area contributed by atoms with Gasteiger partial charge >= 0.3 is 5.97 Å². The summed E-state index contributed by atoms with van der Waals surface area (Å²) in [5.74, 6) is -1.40. The summed E-state index contributed by atoms with van der Waals surface area (Å²) >= 11 is 5.80. The van der Waals surface area contributed by atoms with Gasteiger partial charge in [0.05, 0.1) is 7.11 Å². The van der Waals surface area contributed by atoms with Crippen molar-refractivity contribution >= 4 is 29.2 Å². The van der Waals surface area contributed by atoms with Crippen LogP contribution in [0.2, 0.25) is 5.02 Å². The van der Waals surface area contributed by atoms with Crippen LogP contribution in [0.1, 0.15) is 25.7 Å². The third kappa shape index (κ3) is 3.51. The highest BCUT2D eigenvalue weighted by Gasteiger charge is 2.37. The second-order valence-electron chi connectivity index (χ2n) is 5.04. The van der Waals surface area contributed by atoms with Crippen molar-refractivity contribution in [3.63, 3.8) is 0 Å². The molecule has 2 rings (SSSR count). The fourth-order valence-corrected chi connectivity index (χ4v) is 2.81. The number of rotatable bonds is 4. The second kappa shape index (κ2) is 6.75.